The standard InChI is InChI=1S/C14H22N2O4/c1-3-11(8-17)16-7-10-4-5-12(13(6-10)19-2)20-9-14(15)18/h4-6,11,16-17H,3,7-9H2,1-2H3,(H2,15,18)/t11-/m1/s1. The van der Waals surface area contributed by atoms with E-state index in [1.165, 1.54) is 7.11 Å². The maximum absolute atomic E-state index is 10.7. The van der Waals surface area contributed by atoms with Gasteiger partial charge in [0, 0.05) is 12.6 Å². The third kappa shape index (κ3) is 5.07. The largest absolute Gasteiger partial charge is 0.493 e. The summed E-state index contributed by atoms with van der Waals surface area (Å²) in [6, 6.07) is 5.51. The Hall–Kier alpha value is -1.79. The molecule has 6 nitrogen and oxygen atoms in total. The van der Waals surface area contributed by atoms with Gasteiger partial charge < -0.3 is 25.6 Å². The summed E-state index contributed by atoms with van der Waals surface area (Å²) in [7, 11) is 1.53. The molecular formula is C14H22N2O4. The van der Waals surface area contributed by atoms with Crippen molar-refractivity contribution in [1.29, 1.82) is 0 Å². The normalized spacial score (nSPS) is 11.9. The predicted molar refractivity (Wildman–Crippen MR) is 75.7 cm³/mol. The van der Waals surface area contributed by atoms with E-state index < -0.39 is 5.91 Å². The highest BCUT2D eigenvalue weighted by Crippen LogP contribution is 2.28. The van der Waals surface area contributed by atoms with Gasteiger partial charge in [-0.05, 0) is 24.1 Å². The zero-order valence-corrected chi connectivity index (χ0v) is 11.9. The highest BCUT2D eigenvalue weighted by atomic mass is 16.5. The van der Waals surface area contributed by atoms with E-state index in [0.717, 1.165) is 12.0 Å². The monoisotopic (exact) mass is 282 g/mol. The van der Waals surface area contributed by atoms with Crippen LogP contribution in [0, 0.1) is 0 Å². The van der Waals surface area contributed by atoms with Gasteiger partial charge >= 0.3 is 0 Å². The molecule has 0 fully saturated rings. The van der Waals surface area contributed by atoms with Crippen molar-refractivity contribution in [2.24, 2.45) is 5.73 Å². The van der Waals surface area contributed by atoms with Crippen LogP contribution in [0.25, 0.3) is 0 Å². The van der Waals surface area contributed by atoms with Gasteiger partial charge in [0.15, 0.2) is 18.1 Å². The number of primary amides is 1. The first-order valence-corrected chi connectivity index (χ1v) is 6.53. The van der Waals surface area contributed by atoms with E-state index in [0.29, 0.717) is 18.0 Å². The lowest BCUT2D eigenvalue weighted by atomic mass is 10.1. The number of hydrogen-bond donors (Lipinski definition) is 3. The van der Waals surface area contributed by atoms with Crippen LogP contribution in [-0.4, -0.2) is 37.4 Å². The summed E-state index contributed by atoms with van der Waals surface area (Å²) >= 11 is 0. The SMILES string of the molecule is CC[C@H](CO)NCc1ccc(OCC(N)=O)c(OC)c1. The van der Waals surface area contributed by atoms with Crippen LogP contribution < -0.4 is 20.5 Å². The average Bonchev–Trinajstić information content (AvgIpc) is 2.46. The third-order valence-corrected chi connectivity index (χ3v) is 2.91. The van der Waals surface area contributed by atoms with Gasteiger partial charge in [0.2, 0.25) is 0 Å². The van der Waals surface area contributed by atoms with E-state index in [1.807, 2.05) is 19.1 Å². The molecule has 0 unspecified atom stereocenters. The summed E-state index contributed by atoms with van der Waals surface area (Å²) in [5, 5.41) is 12.4. The molecule has 0 spiro atoms. The van der Waals surface area contributed by atoms with E-state index in [4.69, 9.17) is 20.3 Å². The van der Waals surface area contributed by atoms with Crippen molar-refractivity contribution in [3.63, 3.8) is 0 Å². The number of carbonyl (C=O) groups excluding carboxylic acids is 1. The fourth-order valence-electron chi connectivity index (χ4n) is 1.69. The topological polar surface area (TPSA) is 93.8 Å². The molecular weight excluding hydrogens is 260 g/mol. The molecule has 1 aromatic carbocycles. The van der Waals surface area contributed by atoms with Gasteiger partial charge in [0.05, 0.1) is 13.7 Å². The number of methoxy groups -OCH3 is 1. The summed E-state index contributed by atoms with van der Waals surface area (Å²) < 4.78 is 10.5. The zero-order chi connectivity index (χ0) is 15.0. The Morgan fingerprint density at radius 2 is 2.20 bits per heavy atom. The highest BCUT2D eigenvalue weighted by molar-refractivity contribution is 5.75. The summed E-state index contributed by atoms with van der Waals surface area (Å²) in [6.07, 6.45) is 0.855. The van der Waals surface area contributed by atoms with Gasteiger partial charge in [-0.2, -0.15) is 0 Å². The average molecular weight is 282 g/mol. The fraction of sp³-hybridized carbons (Fsp3) is 0.500. The van der Waals surface area contributed by atoms with Gasteiger partial charge in [0.1, 0.15) is 0 Å². The van der Waals surface area contributed by atoms with Crippen molar-refractivity contribution in [1.82, 2.24) is 5.32 Å². The second-order valence-corrected chi connectivity index (χ2v) is 4.41. The van der Waals surface area contributed by atoms with Crippen LogP contribution in [0.4, 0.5) is 0 Å². The Balaban J connectivity index is 2.68. The van der Waals surface area contributed by atoms with Crippen LogP contribution in [0.3, 0.4) is 0 Å². The molecule has 0 aliphatic rings. The highest BCUT2D eigenvalue weighted by Gasteiger charge is 2.08. The molecule has 1 atom stereocenters. The third-order valence-electron chi connectivity index (χ3n) is 2.91. The zero-order valence-electron chi connectivity index (χ0n) is 11.9. The van der Waals surface area contributed by atoms with Crippen molar-refractivity contribution in [2.75, 3.05) is 20.3 Å². The van der Waals surface area contributed by atoms with Crippen LogP contribution in [0.15, 0.2) is 18.2 Å². The van der Waals surface area contributed by atoms with Gasteiger partial charge in [-0.25, -0.2) is 0 Å². The van der Waals surface area contributed by atoms with Crippen molar-refractivity contribution in [2.45, 2.75) is 25.9 Å². The van der Waals surface area contributed by atoms with Gasteiger partial charge in [-0.15, -0.1) is 0 Å². The van der Waals surface area contributed by atoms with Gasteiger partial charge in [-0.1, -0.05) is 13.0 Å². The lowest BCUT2D eigenvalue weighted by molar-refractivity contribution is -0.119. The van der Waals surface area contributed by atoms with E-state index >= 15 is 0 Å². The molecule has 0 saturated carbocycles. The van der Waals surface area contributed by atoms with Gasteiger partial charge in [0.25, 0.3) is 5.91 Å². The minimum atomic E-state index is -0.536. The molecule has 0 radical (unpaired) electrons. The number of ether oxygens (including phenoxy) is 2. The number of carbonyl (C=O) groups is 1. The number of aliphatic hydroxyl groups excluding tert-OH is 1. The summed E-state index contributed by atoms with van der Waals surface area (Å²) in [4.78, 5) is 10.7. The summed E-state index contributed by atoms with van der Waals surface area (Å²) in [5.41, 5.74) is 6.04. The smallest absolute Gasteiger partial charge is 0.255 e. The molecule has 112 valence electrons. The Morgan fingerprint density at radius 3 is 2.75 bits per heavy atom. The minimum absolute atomic E-state index is 0.0757. The predicted octanol–water partition coefficient (Wildman–Crippen LogP) is 0.420. The number of rotatable bonds is 9. The van der Waals surface area contributed by atoms with E-state index in [-0.39, 0.29) is 19.3 Å². The molecule has 0 aliphatic carbocycles. The van der Waals surface area contributed by atoms with Crippen LogP contribution in [-0.2, 0) is 11.3 Å². The van der Waals surface area contributed by atoms with Crippen molar-refractivity contribution in [3.8, 4) is 11.5 Å². The van der Waals surface area contributed by atoms with Crippen molar-refractivity contribution >= 4 is 5.91 Å². The quantitative estimate of drug-likeness (QED) is 0.610. The molecule has 0 saturated heterocycles. The first kappa shape index (κ1) is 16.3. The van der Waals surface area contributed by atoms with Crippen molar-refractivity contribution in [3.05, 3.63) is 23.8 Å². The second kappa shape index (κ2) is 8.39. The minimum Gasteiger partial charge on any atom is -0.493 e. The Morgan fingerprint density at radius 1 is 1.45 bits per heavy atom. The van der Waals surface area contributed by atoms with Gasteiger partial charge in [-0.3, -0.25) is 4.79 Å². The second-order valence-electron chi connectivity index (χ2n) is 4.41. The van der Waals surface area contributed by atoms with E-state index in [1.54, 1.807) is 6.07 Å². The maximum atomic E-state index is 10.7. The molecule has 1 aromatic rings. The molecule has 1 amide bonds. The first-order valence-electron chi connectivity index (χ1n) is 6.53. The van der Waals surface area contributed by atoms with Crippen LogP contribution in [0.5, 0.6) is 11.5 Å². The molecule has 0 aromatic heterocycles. The van der Waals surface area contributed by atoms with Crippen LogP contribution in [0.2, 0.25) is 0 Å². The summed E-state index contributed by atoms with van der Waals surface area (Å²) in [5.74, 6) is 0.485. The van der Waals surface area contributed by atoms with E-state index in [9.17, 15) is 4.79 Å². The summed E-state index contributed by atoms with van der Waals surface area (Å²) in [6.45, 7) is 2.55. The van der Waals surface area contributed by atoms with Crippen LogP contribution >= 0.6 is 0 Å². The number of aliphatic hydroxyl groups is 1. The Labute approximate surface area is 118 Å². The maximum Gasteiger partial charge on any atom is 0.255 e. The number of amides is 1. The fourth-order valence-corrected chi connectivity index (χ4v) is 1.69. The molecule has 0 aliphatic heterocycles. The Kier molecular flexibility index (Phi) is 6.83. The molecule has 20 heavy (non-hydrogen) atoms. The molecule has 0 bridgehead atoms. The van der Waals surface area contributed by atoms with Crippen molar-refractivity contribution < 1.29 is 19.4 Å². The molecule has 4 N–H and O–H groups in total. The lowest BCUT2D eigenvalue weighted by Crippen LogP contribution is -2.31. The molecule has 0 heterocycles. The lowest BCUT2D eigenvalue weighted by Gasteiger charge is -2.15. The number of hydrogen-bond acceptors (Lipinski definition) is 5. The molecule has 1 rings (SSSR count). The van der Waals surface area contributed by atoms with Crippen LogP contribution in [0.1, 0.15) is 18.9 Å². The molecule has 6 heteroatoms. The number of benzene rings is 1. The van der Waals surface area contributed by atoms with E-state index in [2.05, 4.69) is 5.32 Å². The Bertz CT molecular complexity index is 433. The number of nitrogens with one attached hydrogen (secondary N) is 1. The first-order chi connectivity index (χ1) is 9.60. The number of nitrogens with two attached hydrogens (primary N) is 1.